The molecule has 14 aromatic carbocycles. The Morgan fingerprint density at radius 1 is 0.195 bits per heavy atom. The summed E-state index contributed by atoms with van der Waals surface area (Å²) < 4.78 is 0. The van der Waals surface area contributed by atoms with E-state index in [2.05, 4.69) is 329 Å². The number of hydrogen-bond acceptors (Lipinski definition) is 2. The largest absolute Gasteiger partial charge is 0.309 e. The fraction of sp³-hybridized carbons (Fsp3) is 0.0500. The number of aryl methyl sites for hydroxylation is 4. The predicted octanol–water partition coefficient (Wildman–Crippen LogP) is 22.8. The van der Waals surface area contributed by atoms with E-state index in [0.717, 1.165) is 34.1 Å². The van der Waals surface area contributed by atoms with E-state index in [9.17, 15) is 0 Å². The summed E-state index contributed by atoms with van der Waals surface area (Å²) in [6, 6.07) is 107. The molecule has 0 radical (unpaired) electrons. The Morgan fingerprint density at radius 2 is 0.512 bits per heavy atom. The van der Waals surface area contributed by atoms with E-state index in [4.69, 9.17) is 0 Å². The zero-order chi connectivity index (χ0) is 55.3. The Kier molecular flexibility index (Phi) is 12.8. The number of nitrogens with zero attached hydrogens (tertiary/aromatic N) is 2. The molecular formula is C80H60N2. The molecule has 82 heavy (non-hydrogen) atoms. The fourth-order valence-electron chi connectivity index (χ4n) is 12.7. The topological polar surface area (TPSA) is 6.48 Å². The van der Waals surface area contributed by atoms with Gasteiger partial charge in [-0.3, -0.25) is 0 Å². The summed E-state index contributed by atoms with van der Waals surface area (Å²) in [5.41, 5.74) is 23.5. The third-order valence-corrected chi connectivity index (χ3v) is 16.7. The van der Waals surface area contributed by atoms with Crippen LogP contribution in [0.25, 0.3) is 98.7 Å². The molecule has 2 heteroatoms. The van der Waals surface area contributed by atoms with E-state index in [1.807, 2.05) is 0 Å². The molecule has 0 saturated heterocycles. The second-order valence-corrected chi connectivity index (χ2v) is 21.8. The lowest BCUT2D eigenvalue weighted by Crippen LogP contribution is -2.15. The normalized spacial score (nSPS) is 11.4. The second-order valence-electron chi connectivity index (χ2n) is 21.8. The standard InChI is InChI=1S/C80H60N2/c1-53-21-19-35-69(61-41-37-59(38-42-61)57-23-7-5-8-24-57)79(53)81(77-51-65-27-11-13-29-67(65)71-31-15-17-33-73(71)77)75-47-45-63(49-55(75)3)64-46-48-76(56(4)50-64)82(78-52-66-28-12-14-30-68(66)72-32-16-18-34-74(72)78)80-54(2)22-20-36-70(80)62-43-39-60(40-44-62)58-25-9-6-10-26-58/h5-52H,1-4H3. The lowest BCUT2D eigenvalue weighted by atomic mass is 9.93. The van der Waals surface area contributed by atoms with Crippen molar-refractivity contribution in [1.82, 2.24) is 0 Å². The van der Waals surface area contributed by atoms with Crippen molar-refractivity contribution in [2.45, 2.75) is 27.7 Å². The lowest BCUT2D eigenvalue weighted by molar-refractivity contribution is 1.23. The van der Waals surface area contributed by atoms with Crippen LogP contribution in [0.15, 0.2) is 291 Å². The van der Waals surface area contributed by atoms with Crippen LogP contribution in [0.2, 0.25) is 0 Å². The molecule has 0 aliphatic rings. The quantitative estimate of drug-likeness (QED) is 0.119. The van der Waals surface area contributed by atoms with Crippen molar-refractivity contribution >= 4 is 77.2 Å². The number of hydrogen-bond donors (Lipinski definition) is 0. The van der Waals surface area contributed by atoms with E-state index < -0.39 is 0 Å². The smallest absolute Gasteiger partial charge is 0.0569 e. The van der Waals surface area contributed by atoms with Crippen LogP contribution < -0.4 is 9.80 Å². The molecule has 0 saturated carbocycles. The molecule has 0 heterocycles. The van der Waals surface area contributed by atoms with E-state index in [1.165, 1.54) is 121 Å². The summed E-state index contributed by atoms with van der Waals surface area (Å²) in [7, 11) is 0. The molecule has 2 nitrogen and oxygen atoms in total. The van der Waals surface area contributed by atoms with E-state index in [0.29, 0.717) is 0 Å². The zero-order valence-corrected chi connectivity index (χ0v) is 46.6. The molecular weight excluding hydrogens is 989 g/mol. The Morgan fingerprint density at radius 3 is 0.902 bits per heavy atom. The van der Waals surface area contributed by atoms with Crippen molar-refractivity contribution < 1.29 is 0 Å². The number of rotatable bonds is 11. The van der Waals surface area contributed by atoms with Crippen LogP contribution in [-0.4, -0.2) is 0 Å². The van der Waals surface area contributed by atoms with Gasteiger partial charge in [-0.05, 0) is 163 Å². The Bertz CT molecular complexity index is 4410. The van der Waals surface area contributed by atoms with Gasteiger partial charge in [-0.15, -0.1) is 0 Å². The van der Waals surface area contributed by atoms with Crippen LogP contribution in [0.1, 0.15) is 22.3 Å². The highest BCUT2D eigenvalue weighted by atomic mass is 15.2. The first-order valence-corrected chi connectivity index (χ1v) is 28.5. The summed E-state index contributed by atoms with van der Waals surface area (Å²) in [4.78, 5) is 5.08. The minimum atomic E-state index is 1.13. The number of fused-ring (bicyclic) bond motifs is 6. The summed E-state index contributed by atoms with van der Waals surface area (Å²) in [6.45, 7) is 9.07. The molecule has 0 aliphatic carbocycles. The fourth-order valence-corrected chi connectivity index (χ4v) is 12.7. The highest BCUT2D eigenvalue weighted by molar-refractivity contribution is 6.17. The van der Waals surface area contributed by atoms with Gasteiger partial charge in [-0.25, -0.2) is 0 Å². The van der Waals surface area contributed by atoms with Gasteiger partial charge in [0.2, 0.25) is 0 Å². The van der Waals surface area contributed by atoms with Crippen molar-refractivity contribution in [3.8, 4) is 55.6 Å². The Hall–Kier alpha value is -10.3. The molecule has 0 amide bonds. The third kappa shape index (κ3) is 8.96. The predicted molar refractivity (Wildman–Crippen MR) is 352 cm³/mol. The van der Waals surface area contributed by atoms with E-state index >= 15 is 0 Å². The van der Waals surface area contributed by atoms with Gasteiger partial charge in [0.05, 0.1) is 22.7 Å². The average Bonchev–Trinajstić information content (AvgIpc) is 3.53. The number of anilines is 6. The minimum Gasteiger partial charge on any atom is -0.309 e. The second kappa shape index (κ2) is 21.1. The van der Waals surface area contributed by atoms with Gasteiger partial charge in [0.25, 0.3) is 0 Å². The lowest BCUT2D eigenvalue weighted by Gasteiger charge is -2.33. The summed E-state index contributed by atoms with van der Waals surface area (Å²) >= 11 is 0. The van der Waals surface area contributed by atoms with Crippen molar-refractivity contribution in [2.24, 2.45) is 0 Å². The first kappa shape index (κ1) is 50.0. The molecule has 0 aromatic heterocycles. The molecule has 0 unspecified atom stereocenters. The van der Waals surface area contributed by atoms with Gasteiger partial charge in [0.1, 0.15) is 0 Å². The first-order valence-electron chi connectivity index (χ1n) is 28.5. The van der Waals surface area contributed by atoms with Gasteiger partial charge in [-0.1, -0.05) is 255 Å². The monoisotopic (exact) mass is 1050 g/mol. The Labute approximate surface area is 481 Å². The minimum absolute atomic E-state index is 1.13. The van der Waals surface area contributed by atoms with Crippen LogP contribution in [0.3, 0.4) is 0 Å². The van der Waals surface area contributed by atoms with Crippen LogP contribution in [0.5, 0.6) is 0 Å². The molecule has 0 aliphatic heterocycles. The molecule has 0 N–H and O–H groups in total. The SMILES string of the molecule is Cc1cc(-c2ccc(N(c3c(C)cccc3-c3ccc(-c4ccccc4)cc3)c3cc4ccccc4c4ccccc34)c(C)c2)ccc1N(c1c(C)cccc1-c1ccc(-c2ccccc2)cc1)c1cc2ccccc2c2ccccc12. The maximum atomic E-state index is 2.54. The first-order chi connectivity index (χ1) is 40.3. The van der Waals surface area contributed by atoms with Crippen LogP contribution in [-0.2, 0) is 0 Å². The molecule has 14 rings (SSSR count). The van der Waals surface area contributed by atoms with Gasteiger partial charge in [0, 0.05) is 33.3 Å². The van der Waals surface area contributed by atoms with Crippen molar-refractivity contribution in [1.29, 1.82) is 0 Å². The van der Waals surface area contributed by atoms with Gasteiger partial charge in [-0.2, -0.15) is 0 Å². The van der Waals surface area contributed by atoms with Gasteiger partial charge < -0.3 is 9.80 Å². The zero-order valence-electron chi connectivity index (χ0n) is 46.6. The van der Waals surface area contributed by atoms with E-state index in [1.54, 1.807) is 0 Å². The molecule has 14 aromatic rings. The molecule has 0 atom stereocenters. The highest BCUT2D eigenvalue weighted by Crippen LogP contribution is 2.51. The number of benzene rings is 14. The van der Waals surface area contributed by atoms with Crippen LogP contribution in [0.4, 0.5) is 34.1 Å². The van der Waals surface area contributed by atoms with Crippen LogP contribution >= 0.6 is 0 Å². The third-order valence-electron chi connectivity index (χ3n) is 16.7. The van der Waals surface area contributed by atoms with Crippen LogP contribution in [0, 0.1) is 27.7 Å². The van der Waals surface area contributed by atoms with Crippen molar-refractivity contribution in [3.63, 3.8) is 0 Å². The van der Waals surface area contributed by atoms with Crippen molar-refractivity contribution in [3.05, 3.63) is 313 Å². The molecule has 0 bridgehead atoms. The number of para-hydroxylation sites is 2. The highest BCUT2D eigenvalue weighted by Gasteiger charge is 2.26. The molecule has 390 valence electrons. The Balaban J connectivity index is 0.920. The van der Waals surface area contributed by atoms with Gasteiger partial charge in [0.15, 0.2) is 0 Å². The van der Waals surface area contributed by atoms with E-state index in [-0.39, 0.29) is 0 Å². The van der Waals surface area contributed by atoms with Gasteiger partial charge >= 0.3 is 0 Å². The molecule has 0 spiro atoms. The summed E-state index contributed by atoms with van der Waals surface area (Å²) in [5, 5.41) is 9.78. The summed E-state index contributed by atoms with van der Waals surface area (Å²) in [5.74, 6) is 0. The average molecular weight is 1050 g/mol. The van der Waals surface area contributed by atoms with Crippen molar-refractivity contribution in [2.75, 3.05) is 9.80 Å². The maximum absolute atomic E-state index is 2.54. The maximum Gasteiger partial charge on any atom is 0.0569 e. The summed E-state index contributed by atoms with van der Waals surface area (Å²) in [6.07, 6.45) is 0. The molecule has 0 fully saturated rings.